The van der Waals surface area contributed by atoms with E-state index >= 15 is 0 Å². The number of fused-ring (bicyclic) bond motifs is 1. The van der Waals surface area contributed by atoms with E-state index in [1.807, 2.05) is 30.3 Å². The van der Waals surface area contributed by atoms with E-state index in [0.717, 1.165) is 5.56 Å². The van der Waals surface area contributed by atoms with Gasteiger partial charge in [-0.25, -0.2) is 4.39 Å². The molecule has 1 N–H and O–H groups in total. The number of halogens is 1. The van der Waals surface area contributed by atoms with Crippen molar-refractivity contribution in [3.05, 3.63) is 122 Å². The van der Waals surface area contributed by atoms with Gasteiger partial charge >= 0.3 is 0 Å². The summed E-state index contributed by atoms with van der Waals surface area (Å²) in [6.45, 7) is 0.330. The molecule has 0 saturated carbocycles. The molecule has 1 aromatic heterocycles. The topological polar surface area (TPSA) is 94.2 Å². The van der Waals surface area contributed by atoms with E-state index in [-0.39, 0.29) is 23.2 Å². The summed E-state index contributed by atoms with van der Waals surface area (Å²) in [7, 11) is 0. The standard InChI is InChI=1S/C25H20FN3O4/c26-19-11-9-18(10-12-19)16-28-22-7-4-8-23(29(32)33)20(22)15-21(25(28)31)24(30)27-14-13-17-5-2-1-3-6-17/h1-12,15H,13-14,16H2,(H,27,30). The maximum Gasteiger partial charge on any atom is 0.278 e. The Morgan fingerprint density at radius 3 is 2.39 bits per heavy atom. The second-order valence-corrected chi connectivity index (χ2v) is 7.53. The number of pyridine rings is 1. The van der Waals surface area contributed by atoms with Crippen LogP contribution in [-0.4, -0.2) is 21.9 Å². The van der Waals surface area contributed by atoms with Crippen LogP contribution in [0, 0.1) is 15.9 Å². The van der Waals surface area contributed by atoms with Gasteiger partial charge in [0.1, 0.15) is 11.4 Å². The number of nitrogens with one attached hydrogen (secondary N) is 1. The summed E-state index contributed by atoms with van der Waals surface area (Å²) in [5, 5.41) is 14.5. The lowest BCUT2D eigenvalue weighted by molar-refractivity contribution is -0.383. The Labute approximate surface area is 188 Å². The first-order chi connectivity index (χ1) is 15.9. The minimum absolute atomic E-state index is 0.0297. The van der Waals surface area contributed by atoms with Crippen LogP contribution in [0.5, 0.6) is 0 Å². The van der Waals surface area contributed by atoms with Crippen molar-refractivity contribution in [1.29, 1.82) is 0 Å². The number of rotatable bonds is 7. The van der Waals surface area contributed by atoms with Crippen LogP contribution in [0.1, 0.15) is 21.5 Å². The number of nitro benzene ring substituents is 1. The maximum atomic E-state index is 13.3. The third-order valence-electron chi connectivity index (χ3n) is 5.35. The number of amides is 1. The summed E-state index contributed by atoms with van der Waals surface area (Å²) >= 11 is 0. The maximum absolute atomic E-state index is 13.3. The molecule has 0 bridgehead atoms. The molecule has 0 atom stereocenters. The lowest BCUT2D eigenvalue weighted by Gasteiger charge is -2.13. The predicted octanol–water partition coefficient (Wildman–Crippen LogP) is 4.07. The summed E-state index contributed by atoms with van der Waals surface area (Å²) in [5.41, 5.74) is 0.989. The van der Waals surface area contributed by atoms with Crippen molar-refractivity contribution < 1.29 is 14.1 Å². The second kappa shape index (κ2) is 9.44. The Morgan fingerprint density at radius 2 is 1.70 bits per heavy atom. The number of aromatic nitrogens is 1. The Morgan fingerprint density at radius 1 is 0.970 bits per heavy atom. The number of carbonyl (C=O) groups is 1. The highest BCUT2D eigenvalue weighted by Gasteiger charge is 2.21. The highest BCUT2D eigenvalue weighted by atomic mass is 19.1. The van der Waals surface area contributed by atoms with Crippen LogP contribution < -0.4 is 10.9 Å². The monoisotopic (exact) mass is 445 g/mol. The van der Waals surface area contributed by atoms with Crippen LogP contribution in [0.15, 0.2) is 83.7 Å². The summed E-state index contributed by atoms with van der Waals surface area (Å²) in [6, 6.07) is 20.8. The van der Waals surface area contributed by atoms with Crippen molar-refractivity contribution in [1.82, 2.24) is 9.88 Å². The molecular formula is C25H20FN3O4. The zero-order chi connectivity index (χ0) is 23.4. The third-order valence-corrected chi connectivity index (χ3v) is 5.35. The van der Waals surface area contributed by atoms with Crippen molar-refractivity contribution in [2.24, 2.45) is 0 Å². The van der Waals surface area contributed by atoms with Crippen molar-refractivity contribution in [3.63, 3.8) is 0 Å². The van der Waals surface area contributed by atoms with E-state index in [2.05, 4.69) is 5.32 Å². The quantitative estimate of drug-likeness (QED) is 0.343. The molecule has 4 rings (SSSR count). The molecule has 0 unspecified atom stereocenters. The molecule has 0 aliphatic carbocycles. The summed E-state index contributed by atoms with van der Waals surface area (Å²) in [5.74, 6) is -1.03. The van der Waals surface area contributed by atoms with Crippen LogP contribution in [0.4, 0.5) is 10.1 Å². The normalized spacial score (nSPS) is 10.8. The van der Waals surface area contributed by atoms with Gasteiger partial charge in [0.2, 0.25) is 0 Å². The van der Waals surface area contributed by atoms with Crippen LogP contribution >= 0.6 is 0 Å². The number of nitro groups is 1. The Bertz CT molecular complexity index is 1380. The highest BCUT2D eigenvalue weighted by molar-refractivity contribution is 5.99. The fraction of sp³-hybridized carbons (Fsp3) is 0.120. The third kappa shape index (κ3) is 4.79. The van der Waals surface area contributed by atoms with Gasteiger partial charge in [-0.3, -0.25) is 19.7 Å². The summed E-state index contributed by atoms with van der Waals surface area (Å²) in [6.07, 6.45) is 0.573. The molecule has 1 heterocycles. The molecule has 0 aliphatic rings. The first-order valence-corrected chi connectivity index (χ1v) is 10.3. The minimum atomic E-state index is -0.608. The van der Waals surface area contributed by atoms with Crippen LogP contribution in [0.2, 0.25) is 0 Å². The van der Waals surface area contributed by atoms with Gasteiger partial charge in [-0.2, -0.15) is 0 Å². The molecular weight excluding hydrogens is 425 g/mol. The Balaban J connectivity index is 1.73. The van der Waals surface area contributed by atoms with E-state index in [1.54, 1.807) is 6.07 Å². The van der Waals surface area contributed by atoms with Gasteiger partial charge in [-0.15, -0.1) is 0 Å². The van der Waals surface area contributed by atoms with Gasteiger partial charge in [0, 0.05) is 12.6 Å². The molecule has 0 fully saturated rings. The van der Waals surface area contributed by atoms with Gasteiger partial charge < -0.3 is 9.88 Å². The van der Waals surface area contributed by atoms with E-state index in [1.165, 1.54) is 47.0 Å². The fourth-order valence-electron chi connectivity index (χ4n) is 3.70. The van der Waals surface area contributed by atoms with E-state index in [4.69, 9.17) is 0 Å². The van der Waals surface area contributed by atoms with Gasteiger partial charge in [-0.05, 0) is 41.8 Å². The zero-order valence-corrected chi connectivity index (χ0v) is 17.5. The zero-order valence-electron chi connectivity index (χ0n) is 17.5. The van der Waals surface area contributed by atoms with E-state index < -0.39 is 22.2 Å². The molecule has 4 aromatic rings. The number of carbonyl (C=O) groups excluding carboxylic acids is 1. The molecule has 3 aromatic carbocycles. The van der Waals surface area contributed by atoms with Crippen LogP contribution in [-0.2, 0) is 13.0 Å². The van der Waals surface area contributed by atoms with Crippen LogP contribution in [0.3, 0.4) is 0 Å². The Kier molecular flexibility index (Phi) is 6.26. The lowest BCUT2D eigenvalue weighted by Crippen LogP contribution is -2.34. The summed E-state index contributed by atoms with van der Waals surface area (Å²) in [4.78, 5) is 37.2. The molecule has 0 aliphatic heterocycles. The van der Waals surface area contributed by atoms with Crippen molar-refractivity contribution in [2.75, 3.05) is 6.54 Å². The second-order valence-electron chi connectivity index (χ2n) is 7.53. The molecule has 0 saturated heterocycles. The van der Waals surface area contributed by atoms with Crippen molar-refractivity contribution in [3.8, 4) is 0 Å². The predicted molar refractivity (Wildman–Crippen MR) is 123 cm³/mol. The van der Waals surface area contributed by atoms with Crippen molar-refractivity contribution >= 4 is 22.5 Å². The SMILES string of the molecule is O=C(NCCc1ccccc1)c1cc2c([N+](=O)[O-])cccc2n(Cc2ccc(F)cc2)c1=O. The molecule has 7 nitrogen and oxygen atoms in total. The smallest absolute Gasteiger partial charge is 0.278 e. The summed E-state index contributed by atoms with van der Waals surface area (Å²) < 4.78 is 14.6. The van der Waals surface area contributed by atoms with E-state index in [9.17, 15) is 24.1 Å². The molecule has 0 radical (unpaired) electrons. The van der Waals surface area contributed by atoms with Gasteiger partial charge in [0.15, 0.2) is 0 Å². The average molecular weight is 445 g/mol. The molecule has 1 amide bonds. The first-order valence-electron chi connectivity index (χ1n) is 10.3. The number of non-ortho nitro benzene ring substituents is 1. The van der Waals surface area contributed by atoms with Gasteiger partial charge in [0.25, 0.3) is 17.2 Å². The highest BCUT2D eigenvalue weighted by Crippen LogP contribution is 2.25. The van der Waals surface area contributed by atoms with Gasteiger partial charge in [0.05, 0.1) is 22.4 Å². The minimum Gasteiger partial charge on any atom is -0.352 e. The molecule has 166 valence electrons. The number of hydrogen-bond donors (Lipinski definition) is 1. The van der Waals surface area contributed by atoms with Crippen molar-refractivity contribution in [2.45, 2.75) is 13.0 Å². The van der Waals surface area contributed by atoms with Crippen LogP contribution in [0.25, 0.3) is 10.9 Å². The first kappa shape index (κ1) is 21.9. The average Bonchev–Trinajstić information content (AvgIpc) is 2.82. The molecule has 8 heteroatoms. The Hall–Kier alpha value is -4.33. The van der Waals surface area contributed by atoms with Gasteiger partial charge in [-0.1, -0.05) is 48.5 Å². The molecule has 0 spiro atoms. The number of nitrogens with zero attached hydrogens (tertiary/aromatic N) is 2. The fourth-order valence-corrected chi connectivity index (χ4v) is 3.70. The largest absolute Gasteiger partial charge is 0.352 e. The van der Waals surface area contributed by atoms with E-state index in [0.29, 0.717) is 24.0 Å². The number of benzene rings is 3. The number of hydrogen-bond acceptors (Lipinski definition) is 4. The molecule has 33 heavy (non-hydrogen) atoms. The lowest BCUT2D eigenvalue weighted by atomic mass is 10.1.